The first-order valence-electron chi connectivity index (χ1n) is 5.42. The molecule has 5 nitrogen and oxygen atoms in total. The van der Waals surface area contributed by atoms with Gasteiger partial charge in [-0.3, -0.25) is 4.72 Å². The standard InChI is InChI=1S/C12H10BrNO4S2/c1-7-6-8(12(15)16)2-3-9(7)14-20(17,18)11-5-4-10(13)19-11/h2-6,14H,1H3,(H,15,16). The lowest BCUT2D eigenvalue weighted by molar-refractivity contribution is 0.0697. The van der Waals surface area contributed by atoms with Gasteiger partial charge < -0.3 is 5.11 Å². The van der Waals surface area contributed by atoms with Crippen LogP contribution in [0.4, 0.5) is 5.69 Å². The minimum absolute atomic E-state index is 0.115. The van der Waals surface area contributed by atoms with Gasteiger partial charge in [-0.1, -0.05) is 0 Å². The first kappa shape index (κ1) is 15.0. The predicted octanol–water partition coefficient (Wildman–Crippen LogP) is 3.32. The van der Waals surface area contributed by atoms with Crippen molar-refractivity contribution in [1.29, 1.82) is 0 Å². The first-order chi connectivity index (χ1) is 9.29. The highest BCUT2D eigenvalue weighted by atomic mass is 79.9. The van der Waals surface area contributed by atoms with Crippen molar-refractivity contribution in [3.05, 3.63) is 45.2 Å². The van der Waals surface area contributed by atoms with Gasteiger partial charge in [0.1, 0.15) is 4.21 Å². The molecule has 2 rings (SSSR count). The number of benzene rings is 1. The second-order valence-corrected chi connectivity index (χ2v) is 8.37. The van der Waals surface area contributed by atoms with E-state index in [4.69, 9.17) is 5.11 Å². The molecular weight excluding hydrogens is 366 g/mol. The van der Waals surface area contributed by atoms with Crippen molar-refractivity contribution in [1.82, 2.24) is 0 Å². The Labute approximate surface area is 128 Å². The van der Waals surface area contributed by atoms with Gasteiger partial charge in [0.25, 0.3) is 10.0 Å². The second kappa shape index (κ2) is 5.55. The number of aryl methyl sites for hydroxylation is 1. The molecule has 1 heterocycles. The van der Waals surface area contributed by atoms with Crippen LogP contribution in [0, 0.1) is 6.92 Å². The molecule has 20 heavy (non-hydrogen) atoms. The summed E-state index contributed by atoms with van der Waals surface area (Å²) in [6.07, 6.45) is 0. The van der Waals surface area contributed by atoms with Crippen LogP contribution in [0.25, 0.3) is 0 Å². The van der Waals surface area contributed by atoms with Crippen molar-refractivity contribution in [2.45, 2.75) is 11.1 Å². The molecule has 0 amide bonds. The summed E-state index contributed by atoms with van der Waals surface area (Å²) in [6, 6.07) is 7.37. The van der Waals surface area contributed by atoms with Crippen molar-refractivity contribution in [2.75, 3.05) is 4.72 Å². The van der Waals surface area contributed by atoms with Crippen molar-refractivity contribution in [2.24, 2.45) is 0 Å². The third-order valence-corrected chi connectivity index (χ3v) is 6.01. The minimum atomic E-state index is -3.66. The molecule has 0 unspecified atom stereocenters. The van der Waals surface area contributed by atoms with E-state index in [-0.39, 0.29) is 9.77 Å². The Morgan fingerprint density at radius 1 is 1.30 bits per heavy atom. The van der Waals surface area contributed by atoms with Gasteiger partial charge >= 0.3 is 5.97 Å². The molecule has 2 aromatic rings. The monoisotopic (exact) mass is 375 g/mol. The molecule has 0 atom stereocenters. The van der Waals surface area contributed by atoms with E-state index in [1.165, 1.54) is 24.3 Å². The Morgan fingerprint density at radius 2 is 2.00 bits per heavy atom. The molecule has 0 aliphatic heterocycles. The number of carbonyl (C=O) groups is 1. The second-order valence-electron chi connectivity index (χ2n) is 4.00. The Bertz CT molecular complexity index is 768. The number of nitrogens with one attached hydrogen (secondary N) is 1. The van der Waals surface area contributed by atoms with Gasteiger partial charge in [0, 0.05) is 0 Å². The maximum absolute atomic E-state index is 12.1. The van der Waals surface area contributed by atoms with Crippen LogP contribution >= 0.6 is 27.3 Å². The lowest BCUT2D eigenvalue weighted by atomic mass is 10.1. The van der Waals surface area contributed by atoms with E-state index < -0.39 is 16.0 Å². The third kappa shape index (κ3) is 3.20. The Kier molecular flexibility index (Phi) is 4.17. The number of carboxylic acids is 1. The topological polar surface area (TPSA) is 83.5 Å². The van der Waals surface area contributed by atoms with Gasteiger partial charge in [0.05, 0.1) is 15.0 Å². The zero-order valence-corrected chi connectivity index (χ0v) is 13.5. The summed E-state index contributed by atoms with van der Waals surface area (Å²) in [5, 5.41) is 8.87. The van der Waals surface area contributed by atoms with Crippen LogP contribution in [-0.2, 0) is 10.0 Å². The minimum Gasteiger partial charge on any atom is -0.478 e. The van der Waals surface area contributed by atoms with Crippen molar-refractivity contribution >= 4 is 48.9 Å². The van der Waals surface area contributed by atoms with E-state index in [0.29, 0.717) is 11.3 Å². The van der Waals surface area contributed by atoms with Gasteiger partial charge in [-0.2, -0.15) is 0 Å². The molecule has 1 aromatic carbocycles. The normalized spacial score (nSPS) is 11.3. The number of anilines is 1. The summed E-state index contributed by atoms with van der Waals surface area (Å²) in [4.78, 5) is 10.8. The van der Waals surface area contributed by atoms with Gasteiger partial charge in [-0.05, 0) is 58.7 Å². The summed E-state index contributed by atoms with van der Waals surface area (Å²) in [5.41, 5.74) is 1.02. The van der Waals surface area contributed by atoms with Crippen LogP contribution in [0.1, 0.15) is 15.9 Å². The number of hydrogen-bond acceptors (Lipinski definition) is 4. The molecule has 0 spiro atoms. The lowest BCUT2D eigenvalue weighted by Crippen LogP contribution is -2.12. The summed E-state index contributed by atoms with van der Waals surface area (Å²) in [6.45, 7) is 1.65. The molecule has 106 valence electrons. The molecule has 1 aromatic heterocycles. The summed E-state index contributed by atoms with van der Waals surface area (Å²) < 4.78 is 27.7. The highest BCUT2D eigenvalue weighted by molar-refractivity contribution is 9.11. The van der Waals surface area contributed by atoms with Crippen LogP contribution < -0.4 is 4.72 Å². The average molecular weight is 376 g/mol. The maximum atomic E-state index is 12.1. The van der Waals surface area contributed by atoms with E-state index >= 15 is 0 Å². The molecule has 0 aliphatic rings. The molecule has 2 N–H and O–H groups in total. The summed E-state index contributed by atoms with van der Waals surface area (Å²) >= 11 is 4.31. The van der Waals surface area contributed by atoms with Crippen LogP contribution in [0.3, 0.4) is 0 Å². The van der Waals surface area contributed by atoms with Crippen molar-refractivity contribution in [3.8, 4) is 0 Å². The number of aromatic carboxylic acids is 1. The molecule has 0 radical (unpaired) electrons. The zero-order chi connectivity index (χ0) is 14.9. The van der Waals surface area contributed by atoms with Crippen LogP contribution in [0.2, 0.25) is 0 Å². The lowest BCUT2D eigenvalue weighted by Gasteiger charge is -2.09. The predicted molar refractivity (Wildman–Crippen MR) is 81.0 cm³/mol. The first-order valence-corrected chi connectivity index (χ1v) is 8.51. The van der Waals surface area contributed by atoms with Crippen molar-refractivity contribution in [3.63, 3.8) is 0 Å². The Balaban J connectivity index is 2.32. The van der Waals surface area contributed by atoms with E-state index in [2.05, 4.69) is 20.7 Å². The highest BCUT2D eigenvalue weighted by Crippen LogP contribution is 2.28. The Hall–Kier alpha value is -1.38. The van der Waals surface area contributed by atoms with E-state index in [1.54, 1.807) is 13.0 Å². The largest absolute Gasteiger partial charge is 0.478 e. The van der Waals surface area contributed by atoms with Crippen LogP contribution in [0.5, 0.6) is 0 Å². The highest BCUT2D eigenvalue weighted by Gasteiger charge is 2.18. The van der Waals surface area contributed by atoms with E-state index in [9.17, 15) is 13.2 Å². The number of sulfonamides is 1. The molecule has 0 fully saturated rings. The molecule has 8 heteroatoms. The summed E-state index contributed by atoms with van der Waals surface area (Å²) in [5.74, 6) is -1.05. The van der Waals surface area contributed by atoms with Crippen molar-refractivity contribution < 1.29 is 18.3 Å². The van der Waals surface area contributed by atoms with E-state index in [1.807, 2.05) is 0 Å². The van der Waals surface area contributed by atoms with Gasteiger partial charge in [-0.15, -0.1) is 11.3 Å². The molecular formula is C12H10BrNO4S2. The SMILES string of the molecule is Cc1cc(C(=O)O)ccc1NS(=O)(=O)c1ccc(Br)s1. The van der Waals surface area contributed by atoms with Gasteiger partial charge in [-0.25, -0.2) is 13.2 Å². The molecule has 0 saturated carbocycles. The zero-order valence-electron chi connectivity index (χ0n) is 10.3. The maximum Gasteiger partial charge on any atom is 0.335 e. The average Bonchev–Trinajstić information content (AvgIpc) is 2.79. The number of rotatable bonds is 4. The Morgan fingerprint density at radius 3 is 2.50 bits per heavy atom. The van der Waals surface area contributed by atoms with Gasteiger partial charge in [0.15, 0.2) is 0 Å². The number of halogens is 1. The summed E-state index contributed by atoms with van der Waals surface area (Å²) in [7, 11) is -3.66. The van der Waals surface area contributed by atoms with Gasteiger partial charge in [0.2, 0.25) is 0 Å². The quantitative estimate of drug-likeness (QED) is 0.858. The fraction of sp³-hybridized carbons (Fsp3) is 0.0833. The molecule has 0 aliphatic carbocycles. The number of thiophene rings is 1. The van der Waals surface area contributed by atoms with Crippen LogP contribution in [0.15, 0.2) is 38.3 Å². The smallest absolute Gasteiger partial charge is 0.335 e. The molecule has 0 bridgehead atoms. The third-order valence-electron chi connectivity index (χ3n) is 2.53. The fourth-order valence-corrected chi connectivity index (χ4v) is 4.69. The number of carboxylic acid groups (broad SMARTS) is 1. The fourth-order valence-electron chi connectivity index (χ4n) is 1.55. The van der Waals surface area contributed by atoms with E-state index in [0.717, 1.165) is 15.1 Å². The molecule has 0 saturated heterocycles. The number of hydrogen-bond donors (Lipinski definition) is 2. The van der Waals surface area contributed by atoms with Crippen LogP contribution in [-0.4, -0.2) is 19.5 Å².